The number of likely N-dealkylation sites (N-methyl/N-ethyl adjacent to an activating group) is 1. The van der Waals surface area contributed by atoms with Gasteiger partial charge in [-0.3, -0.25) is 9.88 Å². The monoisotopic (exact) mass is 457 g/mol. The second kappa shape index (κ2) is 9.22. The van der Waals surface area contributed by atoms with Gasteiger partial charge in [-0.2, -0.15) is 0 Å². The smallest absolute Gasteiger partial charge is 0.409 e. The molecular formula is C25H36FN5O2. The number of ether oxygens (including phenoxy) is 1. The van der Waals surface area contributed by atoms with Crippen LogP contribution in [0.4, 0.5) is 14.9 Å². The highest BCUT2D eigenvalue weighted by Crippen LogP contribution is 2.47. The molecule has 0 aromatic carbocycles. The molecule has 3 aliphatic heterocycles. The fourth-order valence-corrected chi connectivity index (χ4v) is 6.11. The Bertz CT molecular complexity index is 908. The minimum Gasteiger partial charge on any atom is -0.450 e. The summed E-state index contributed by atoms with van der Waals surface area (Å²) in [5.41, 5.74) is 3.41. The van der Waals surface area contributed by atoms with Crippen LogP contribution in [-0.2, 0) is 4.74 Å². The minimum atomic E-state index is -0.265. The van der Waals surface area contributed by atoms with Gasteiger partial charge in [0.15, 0.2) is 0 Å². The third-order valence-electron chi connectivity index (χ3n) is 7.98. The summed E-state index contributed by atoms with van der Waals surface area (Å²) in [5.74, 6) is -0.265. The van der Waals surface area contributed by atoms with Crippen molar-refractivity contribution in [2.24, 2.45) is 5.41 Å². The summed E-state index contributed by atoms with van der Waals surface area (Å²) in [6.45, 7) is 9.65. The maximum absolute atomic E-state index is 14.2. The summed E-state index contributed by atoms with van der Waals surface area (Å²) in [5, 5.41) is 0. The lowest BCUT2D eigenvalue weighted by Gasteiger charge is -2.48. The molecule has 0 N–H and O–H groups in total. The van der Waals surface area contributed by atoms with E-state index in [0.717, 1.165) is 76.6 Å². The van der Waals surface area contributed by atoms with Crippen LogP contribution in [0.15, 0.2) is 18.3 Å². The van der Waals surface area contributed by atoms with Crippen LogP contribution in [0.25, 0.3) is 5.57 Å². The predicted molar refractivity (Wildman–Crippen MR) is 127 cm³/mol. The van der Waals surface area contributed by atoms with E-state index in [9.17, 15) is 9.18 Å². The molecule has 0 radical (unpaired) electrons. The number of piperazine rings is 1. The molecule has 4 aliphatic rings. The lowest BCUT2D eigenvalue weighted by Crippen LogP contribution is -2.58. The van der Waals surface area contributed by atoms with Gasteiger partial charge in [-0.05, 0) is 45.2 Å². The van der Waals surface area contributed by atoms with Crippen LogP contribution < -0.4 is 4.90 Å². The number of carbonyl (C=O) groups is 1. The van der Waals surface area contributed by atoms with E-state index >= 15 is 0 Å². The van der Waals surface area contributed by atoms with Gasteiger partial charge in [0.2, 0.25) is 0 Å². The van der Waals surface area contributed by atoms with Crippen LogP contribution in [0.2, 0.25) is 0 Å². The fourth-order valence-electron chi connectivity index (χ4n) is 6.11. The van der Waals surface area contributed by atoms with Crippen LogP contribution in [0, 0.1) is 11.2 Å². The highest BCUT2D eigenvalue weighted by atomic mass is 19.1. The minimum absolute atomic E-state index is 0.167. The summed E-state index contributed by atoms with van der Waals surface area (Å²) in [7, 11) is 2.12. The maximum atomic E-state index is 14.2. The van der Waals surface area contributed by atoms with Crippen LogP contribution in [0.5, 0.6) is 0 Å². The molecule has 0 bridgehead atoms. The zero-order chi connectivity index (χ0) is 23.0. The van der Waals surface area contributed by atoms with E-state index in [1.807, 2.05) is 11.8 Å². The molecule has 2 saturated heterocycles. The molecular weight excluding hydrogens is 421 g/mol. The van der Waals surface area contributed by atoms with Gasteiger partial charge >= 0.3 is 6.09 Å². The van der Waals surface area contributed by atoms with E-state index in [1.165, 1.54) is 24.6 Å². The van der Waals surface area contributed by atoms with Crippen LogP contribution in [0.3, 0.4) is 0 Å². The average molecular weight is 458 g/mol. The second-order valence-electron chi connectivity index (χ2n) is 10.2. The van der Waals surface area contributed by atoms with Gasteiger partial charge in [0.05, 0.1) is 24.2 Å². The van der Waals surface area contributed by atoms with E-state index in [-0.39, 0.29) is 17.3 Å². The third-order valence-corrected chi connectivity index (χ3v) is 7.98. The van der Waals surface area contributed by atoms with Crippen LogP contribution in [-0.4, -0.2) is 97.8 Å². The Labute approximate surface area is 196 Å². The van der Waals surface area contributed by atoms with Crippen molar-refractivity contribution in [3.05, 3.63) is 29.9 Å². The number of hydrogen-bond acceptors (Lipinski definition) is 6. The van der Waals surface area contributed by atoms with Gasteiger partial charge < -0.3 is 19.4 Å². The highest BCUT2D eigenvalue weighted by Gasteiger charge is 2.51. The van der Waals surface area contributed by atoms with Crippen LogP contribution >= 0.6 is 0 Å². The Hall–Kier alpha value is -2.19. The molecule has 0 unspecified atom stereocenters. The number of carbonyl (C=O) groups excluding carboxylic acids is 1. The lowest BCUT2D eigenvalue weighted by molar-refractivity contribution is -0.00294. The van der Waals surface area contributed by atoms with Gasteiger partial charge in [-0.1, -0.05) is 6.08 Å². The molecule has 1 aliphatic carbocycles. The summed E-state index contributed by atoms with van der Waals surface area (Å²) >= 11 is 0. The Kier molecular flexibility index (Phi) is 6.31. The topological polar surface area (TPSA) is 52.2 Å². The molecule has 3 fully saturated rings. The number of halogens is 1. The number of nitrogens with zero attached hydrogens (tertiary/aromatic N) is 5. The number of rotatable bonds is 4. The van der Waals surface area contributed by atoms with Gasteiger partial charge in [0, 0.05) is 69.9 Å². The zero-order valence-electron chi connectivity index (χ0n) is 19.9. The quantitative estimate of drug-likeness (QED) is 0.693. The van der Waals surface area contributed by atoms with Gasteiger partial charge in [0.25, 0.3) is 0 Å². The first-order valence-electron chi connectivity index (χ1n) is 12.4. The Balaban J connectivity index is 1.19. The zero-order valence-corrected chi connectivity index (χ0v) is 19.9. The molecule has 1 spiro atoms. The van der Waals surface area contributed by atoms with E-state index in [0.29, 0.717) is 12.6 Å². The second-order valence-corrected chi connectivity index (χ2v) is 10.2. The molecule has 1 aromatic rings. The average Bonchev–Trinajstić information content (AvgIpc) is 3.25. The molecule has 8 heteroatoms. The van der Waals surface area contributed by atoms with Gasteiger partial charge in [-0.15, -0.1) is 0 Å². The van der Waals surface area contributed by atoms with Crippen molar-refractivity contribution in [2.75, 3.05) is 70.9 Å². The standard InChI is InChI=1S/C25H36FN5O2/c1-3-33-24(32)31-17-25(18-31)7-4-21(15-25)29-10-12-30(13-11-29)22-14-20(26)16-27-23(22)19-5-8-28(2)9-6-19/h5,14,16,21H,3-4,6-13,15,17-18H2,1-2H3/t21-/m1/s1. The van der Waals surface area contributed by atoms with Crippen molar-refractivity contribution in [3.63, 3.8) is 0 Å². The van der Waals surface area contributed by atoms with Crippen molar-refractivity contribution in [2.45, 2.75) is 38.6 Å². The predicted octanol–water partition coefficient (Wildman–Crippen LogP) is 3.07. The number of pyridine rings is 1. The normalized spacial score (nSPS) is 25.8. The number of likely N-dealkylation sites (tertiary alicyclic amines) is 1. The molecule has 1 saturated carbocycles. The molecule has 33 heavy (non-hydrogen) atoms. The fraction of sp³-hybridized carbons (Fsp3) is 0.680. The summed E-state index contributed by atoms with van der Waals surface area (Å²) in [4.78, 5) is 25.5. The van der Waals surface area contributed by atoms with Crippen LogP contribution in [0.1, 0.15) is 38.3 Å². The maximum Gasteiger partial charge on any atom is 0.409 e. The number of anilines is 1. The first kappa shape index (κ1) is 22.6. The molecule has 1 amide bonds. The lowest BCUT2D eigenvalue weighted by atomic mass is 9.78. The number of amides is 1. The third kappa shape index (κ3) is 4.60. The SMILES string of the molecule is CCOC(=O)N1CC2(CC[C@@H](N3CCN(c4cc(F)cnc4C4=CCN(C)CC4)CC3)C2)C1. The Morgan fingerprint density at radius 1 is 1.24 bits per heavy atom. The molecule has 7 nitrogen and oxygen atoms in total. The molecule has 1 atom stereocenters. The summed E-state index contributed by atoms with van der Waals surface area (Å²) in [6, 6.07) is 2.25. The summed E-state index contributed by atoms with van der Waals surface area (Å²) < 4.78 is 19.3. The summed E-state index contributed by atoms with van der Waals surface area (Å²) in [6.07, 6.45) is 7.92. The van der Waals surface area contributed by atoms with Crippen molar-refractivity contribution in [1.29, 1.82) is 0 Å². The Morgan fingerprint density at radius 3 is 2.73 bits per heavy atom. The van der Waals surface area contributed by atoms with E-state index in [4.69, 9.17) is 4.74 Å². The highest BCUT2D eigenvalue weighted by molar-refractivity contribution is 5.75. The molecule has 180 valence electrons. The first-order valence-corrected chi connectivity index (χ1v) is 12.4. The largest absolute Gasteiger partial charge is 0.450 e. The van der Waals surface area contributed by atoms with Gasteiger partial charge in [-0.25, -0.2) is 9.18 Å². The van der Waals surface area contributed by atoms with Crippen molar-refractivity contribution >= 4 is 17.4 Å². The van der Waals surface area contributed by atoms with E-state index in [2.05, 4.69) is 32.8 Å². The Morgan fingerprint density at radius 2 is 2.03 bits per heavy atom. The van der Waals surface area contributed by atoms with Crippen molar-refractivity contribution < 1.29 is 13.9 Å². The number of aromatic nitrogens is 1. The molecule has 4 heterocycles. The molecule has 5 rings (SSSR count). The molecule has 1 aromatic heterocycles. The van der Waals surface area contributed by atoms with Crippen molar-refractivity contribution in [3.8, 4) is 0 Å². The van der Waals surface area contributed by atoms with E-state index < -0.39 is 0 Å². The number of hydrogen-bond donors (Lipinski definition) is 0. The van der Waals surface area contributed by atoms with Crippen molar-refractivity contribution in [1.82, 2.24) is 19.7 Å². The first-order chi connectivity index (χ1) is 16.0. The van der Waals surface area contributed by atoms with E-state index in [1.54, 1.807) is 6.07 Å². The van der Waals surface area contributed by atoms with Gasteiger partial charge in [0.1, 0.15) is 5.82 Å².